The lowest BCUT2D eigenvalue weighted by Gasteiger charge is -2.08. The highest BCUT2D eigenvalue weighted by molar-refractivity contribution is 5.81. The highest BCUT2D eigenvalue weighted by Gasteiger charge is 2.11. The van der Waals surface area contributed by atoms with Crippen LogP contribution >= 0.6 is 0 Å². The summed E-state index contributed by atoms with van der Waals surface area (Å²) in [5, 5.41) is 11.5. The van der Waals surface area contributed by atoms with Gasteiger partial charge in [0.25, 0.3) is 0 Å². The van der Waals surface area contributed by atoms with Crippen LogP contribution in [-0.4, -0.2) is 34.6 Å². The number of nitrogens with two attached hydrogens (primary N) is 1. The van der Waals surface area contributed by atoms with E-state index in [1.165, 1.54) is 0 Å². The lowest BCUT2D eigenvalue weighted by Crippen LogP contribution is -2.40. The topological polar surface area (TPSA) is 105 Å². The first kappa shape index (κ1) is 13.1. The number of aliphatic hydroxyl groups is 1. The van der Waals surface area contributed by atoms with Gasteiger partial charge in [0.2, 0.25) is 11.8 Å². The van der Waals surface area contributed by atoms with E-state index in [4.69, 9.17) is 10.8 Å². The number of amides is 2. The molecule has 1 atom stereocenters. The second kappa shape index (κ2) is 6.59. The van der Waals surface area contributed by atoms with Crippen LogP contribution in [0.15, 0.2) is 24.5 Å². The molecule has 0 spiro atoms. The molecule has 0 aromatic carbocycles. The Balaban J connectivity index is 2.24. The van der Waals surface area contributed by atoms with Crippen molar-refractivity contribution >= 4 is 11.8 Å². The molecular weight excluding hydrogens is 222 g/mol. The van der Waals surface area contributed by atoms with Gasteiger partial charge in [0.15, 0.2) is 0 Å². The minimum absolute atomic E-state index is 0.152. The first-order valence-corrected chi connectivity index (χ1v) is 5.22. The van der Waals surface area contributed by atoms with Crippen LogP contribution in [-0.2, 0) is 16.0 Å². The predicted octanol–water partition coefficient (Wildman–Crippen LogP) is -1.02. The van der Waals surface area contributed by atoms with E-state index in [9.17, 15) is 9.59 Å². The number of nitrogens with one attached hydrogen (secondary N) is 1. The summed E-state index contributed by atoms with van der Waals surface area (Å²) in [6.07, 6.45) is 2.85. The second-order valence-corrected chi connectivity index (χ2v) is 3.58. The summed E-state index contributed by atoms with van der Waals surface area (Å²) in [6, 6.07) is 3.67. The SMILES string of the molecule is NC(=O)C(O)CNC(=O)CCc1cccnc1. The molecule has 0 aliphatic heterocycles. The number of aliphatic hydroxyl groups excluding tert-OH is 1. The van der Waals surface area contributed by atoms with Gasteiger partial charge in [0, 0.05) is 18.8 Å². The lowest BCUT2D eigenvalue weighted by molar-refractivity contribution is -0.127. The van der Waals surface area contributed by atoms with Crippen LogP contribution < -0.4 is 11.1 Å². The number of hydrogen-bond donors (Lipinski definition) is 3. The van der Waals surface area contributed by atoms with Crippen molar-refractivity contribution < 1.29 is 14.7 Å². The third-order valence-corrected chi connectivity index (χ3v) is 2.18. The molecule has 6 heteroatoms. The fourth-order valence-corrected chi connectivity index (χ4v) is 1.20. The van der Waals surface area contributed by atoms with E-state index in [1.807, 2.05) is 6.07 Å². The maximum Gasteiger partial charge on any atom is 0.248 e. The van der Waals surface area contributed by atoms with Crippen LogP contribution in [0.5, 0.6) is 0 Å². The van der Waals surface area contributed by atoms with Gasteiger partial charge in [-0.05, 0) is 18.1 Å². The Kier molecular flexibility index (Phi) is 5.09. The molecule has 4 N–H and O–H groups in total. The summed E-state index contributed by atoms with van der Waals surface area (Å²) < 4.78 is 0. The minimum atomic E-state index is -1.34. The first-order valence-electron chi connectivity index (χ1n) is 5.22. The zero-order chi connectivity index (χ0) is 12.7. The average Bonchev–Trinajstić information content (AvgIpc) is 2.34. The zero-order valence-corrected chi connectivity index (χ0v) is 9.30. The van der Waals surface area contributed by atoms with Crippen LogP contribution in [0.2, 0.25) is 0 Å². The maximum absolute atomic E-state index is 11.3. The predicted molar refractivity (Wildman–Crippen MR) is 60.8 cm³/mol. The van der Waals surface area contributed by atoms with Crippen molar-refractivity contribution in [3.8, 4) is 0 Å². The first-order chi connectivity index (χ1) is 8.09. The van der Waals surface area contributed by atoms with Crippen LogP contribution in [0.4, 0.5) is 0 Å². The van der Waals surface area contributed by atoms with E-state index in [0.717, 1.165) is 5.56 Å². The lowest BCUT2D eigenvalue weighted by atomic mass is 10.1. The van der Waals surface area contributed by atoms with Gasteiger partial charge in [-0.2, -0.15) is 0 Å². The summed E-state index contributed by atoms with van der Waals surface area (Å²) in [5.74, 6) is -1.09. The molecule has 0 saturated carbocycles. The van der Waals surface area contributed by atoms with Crippen molar-refractivity contribution in [3.63, 3.8) is 0 Å². The standard InChI is InChI=1S/C11H15N3O3/c12-11(17)9(15)7-14-10(16)4-3-8-2-1-5-13-6-8/h1-2,5-6,9,15H,3-4,7H2,(H2,12,17)(H,14,16). The Morgan fingerprint density at radius 1 is 1.53 bits per heavy atom. The summed E-state index contributed by atoms with van der Waals surface area (Å²) in [6.45, 7) is -0.152. The quantitative estimate of drug-likeness (QED) is 0.588. The van der Waals surface area contributed by atoms with Gasteiger partial charge in [-0.3, -0.25) is 14.6 Å². The van der Waals surface area contributed by atoms with Crippen molar-refractivity contribution in [2.24, 2.45) is 5.73 Å². The Morgan fingerprint density at radius 2 is 2.29 bits per heavy atom. The van der Waals surface area contributed by atoms with Crippen molar-refractivity contribution in [1.29, 1.82) is 0 Å². The molecule has 0 aliphatic rings. The van der Waals surface area contributed by atoms with Crippen molar-refractivity contribution in [1.82, 2.24) is 10.3 Å². The highest BCUT2D eigenvalue weighted by Crippen LogP contribution is 1.99. The zero-order valence-electron chi connectivity index (χ0n) is 9.30. The molecule has 0 aliphatic carbocycles. The summed E-state index contributed by atoms with van der Waals surface area (Å²) in [4.78, 5) is 25.8. The molecule has 6 nitrogen and oxygen atoms in total. The van der Waals surface area contributed by atoms with E-state index in [1.54, 1.807) is 18.5 Å². The fraction of sp³-hybridized carbons (Fsp3) is 0.364. The van der Waals surface area contributed by atoms with E-state index in [-0.39, 0.29) is 18.9 Å². The van der Waals surface area contributed by atoms with Gasteiger partial charge >= 0.3 is 0 Å². The van der Waals surface area contributed by atoms with Gasteiger partial charge in [-0.1, -0.05) is 6.07 Å². The number of nitrogens with zero attached hydrogens (tertiary/aromatic N) is 1. The van der Waals surface area contributed by atoms with E-state index >= 15 is 0 Å². The molecule has 0 radical (unpaired) electrons. The molecule has 17 heavy (non-hydrogen) atoms. The van der Waals surface area contributed by atoms with E-state index in [0.29, 0.717) is 6.42 Å². The Labute approximate surface area is 98.8 Å². The maximum atomic E-state index is 11.3. The molecule has 1 rings (SSSR count). The molecule has 1 heterocycles. The number of primary amides is 1. The van der Waals surface area contributed by atoms with Crippen molar-refractivity contribution in [2.45, 2.75) is 18.9 Å². The molecule has 1 aromatic heterocycles. The number of rotatable bonds is 6. The van der Waals surface area contributed by atoms with Crippen LogP contribution in [0.25, 0.3) is 0 Å². The third-order valence-electron chi connectivity index (χ3n) is 2.18. The van der Waals surface area contributed by atoms with Crippen molar-refractivity contribution in [2.75, 3.05) is 6.54 Å². The van der Waals surface area contributed by atoms with Gasteiger partial charge < -0.3 is 16.2 Å². The number of aromatic nitrogens is 1. The summed E-state index contributed by atoms with van der Waals surface area (Å²) in [7, 11) is 0. The average molecular weight is 237 g/mol. The Hall–Kier alpha value is -1.95. The molecule has 1 aromatic rings. The van der Waals surface area contributed by atoms with Gasteiger partial charge in [-0.25, -0.2) is 0 Å². The summed E-state index contributed by atoms with van der Waals surface area (Å²) in [5.41, 5.74) is 5.80. The third kappa shape index (κ3) is 5.07. The van der Waals surface area contributed by atoms with Gasteiger partial charge in [0.05, 0.1) is 6.54 Å². The number of pyridine rings is 1. The van der Waals surface area contributed by atoms with Crippen LogP contribution in [0, 0.1) is 0 Å². The number of carbonyl (C=O) groups excluding carboxylic acids is 2. The Morgan fingerprint density at radius 3 is 2.88 bits per heavy atom. The second-order valence-electron chi connectivity index (χ2n) is 3.58. The molecule has 92 valence electrons. The normalized spacial score (nSPS) is 11.8. The van der Waals surface area contributed by atoms with Crippen molar-refractivity contribution in [3.05, 3.63) is 30.1 Å². The van der Waals surface area contributed by atoms with Crippen LogP contribution in [0.3, 0.4) is 0 Å². The molecular formula is C11H15N3O3. The number of aryl methyl sites for hydroxylation is 1. The van der Waals surface area contributed by atoms with Crippen LogP contribution in [0.1, 0.15) is 12.0 Å². The largest absolute Gasteiger partial charge is 0.381 e. The highest BCUT2D eigenvalue weighted by atomic mass is 16.3. The number of hydrogen-bond acceptors (Lipinski definition) is 4. The Bertz CT molecular complexity index is 381. The van der Waals surface area contributed by atoms with E-state index in [2.05, 4.69) is 10.3 Å². The summed E-state index contributed by atoms with van der Waals surface area (Å²) >= 11 is 0. The monoisotopic (exact) mass is 237 g/mol. The molecule has 0 bridgehead atoms. The smallest absolute Gasteiger partial charge is 0.248 e. The molecule has 2 amide bonds. The fourth-order valence-electron chi connectivity index (χ4n) is 1.20. The molecule has 0 fully saturated rings. The van der Waals surface area contributed by atoms with Gasteiger partial charge in [-0.15, -0.1) is 0 Å². The molecule has 0 saturated heterocycles. The minimum Gasteiger partial charge on any atom is -0.381 e. The molecule has 1 unspecified atom stereocenters. The van der Waals surface area contributed by atoms with Gasteiger partial charge in [0.1, 0.15) is 6.10 Å². The van der Waals surface area contributed by atoms with E-state index < -0.39 is 12.0 Å². The number of carbonyl (C=O) groups is 2.